The monoisotopic (exact) mass is 299 g/mol. The molecular formula is C14H22ClN3O2. The van der Waals surface area contributed by atoms with Crippen LogP contribution in [-0.4, -0.2) is 47.0 Å². The van der Waals surface area contributed by atoms with Gasteiger partial charge in [0.25, 0.3) is 0 Å². The van der Waals surface area contributed by atoms with Crippen molar-refractivity contribution >= 4 is 17.4 Å². The fraction of sp³-hybridized carbons (Fsp3) is 0.714. The first-order chi connectivity index (χ1) is 9.43. The average Bonchev–Trinajstić information content (AvgIpc) is 2.42. The summed E-state index contributed by atoms with van der Waals surface area (Å²) in [6.45, 7) is 9.30. The summed E-state index contributed by atoms with van der Waals surface area (Å²) in [5.41, 5.74) is 0.876. The zero-order chi connectivity index (χ0) is 14.9. The predicted molar refractivity (Wildman–Crippen MR) is 79.5 cm³/mol. The number of rotatable bonds is 3. The number of aliphatic hydroxyl groups is 1. The maximum Gasteiger partial charge on any atom is 0.137 e. The van der Waals surface area contributed by atoms with Gasteiger partial charge in [-0.05, 0) is 13.8 Å². The zero-order valence-corrected chi connectivity index (χ0v) is 13.2. The number of hydrogen-bond acceptors (Lipinski definition) is 5. The van der Waals surface area contributed by atoms with Crippen molar-refractivity contribution < 1.29 is 9.84 Å². The van der Waals surface area contributed by atoms with Crippen LogP contribution in [0.4, 0.5) is 5.82 Å². The Hall–Kier alpha value is -0.910. The third kappa shape index (κ3) is 3.05. The normalized spacial score (nSPS) is 23.4. The summed E-state index contributed by atoms with van der Waals surface area (Å²) in [5.74, 6) is 1.81. The van der Waals surface area contributed by atoms with Gasteiger partial charge in [-0.3, -0.25) is 0 Å². The Morgan fingerprint density at radius 3 is 2.75 bits per heavy atom. The predicted octanol–water partition coefficient (Wildman–Crippen LogP) is 2.15. The quantitative estimate of drug-likeness (QED) is 0.867. The van der Waals surface area contributed by atoms with Gasteiger partial charge in [-0.25, -0.2) is 9.97 Å². The van der Waals surface area contributed by atoms with Crippen molar-refractivity contribution in [1.82, 2.24) is 9.97 Å². The molecule has 1 aliphatic rings. The molecule has 2 unspecified atom stereocenters. The van der Waals surface area contributed by atoms with Crippen LogP contribution in [-0.2, 0) is 4.74 Å². The van der Waals surface area contributed by atoms with Gasteiger partial charge in [-0.15, -0.1) is 0 Å². The smallest absolute Gasteiger partial charge is 0.137 e. The Morgan fingerprint density at radius 1 is 1.45 bits per heavy atom. The summed E-state index contributed by atoms with van der Waals surface area (Å²) in [6.07, 6.45) is -0.179. The van der Waals surface area contributed by atoms with Crippen molar-refractivity contribution in [2.75, 3.05) is 24.7 Å². The van der Waals surface area contributed by atoms with E-state index in [1.54, 1.807) is 0 Å². The van der Waals surface area contributed by atoms with Crippen molar-refractivity contribution in [3.8, 4) is 0 Å². The van der Waals surface area contributed by atoms with E-state index in [0.717, 1.165) is 17.2 Å². The SMILES string of the molecule is Cc1c(Cl)nc(C(C)C)nc1N1CC(CO)OCC1C. The van der Waals surface area contributed by atoms with Crippen LogP contribution in [0.1, 0.15) is 38.1 Å². The highest BCUT2D eigenvalue weighted by molar-refractivity contribution is 6.30. The van der Waals surface area contributed by atoms with Crippen molar-refractivity contribution in [2.45, 2.75) is 45.8 Å². The molecule has 6 heteroatoms. The van der Waals surface area contributed by atoms with E-state index in [-0.39, 0.29) is 24.7 Å². The van der Waals surface area contributed by atoms with Crippen LogP contribution in [0.25, 0.3) is 0 Å². The van der Waals surface area contributed by atoms with Gasteiger partial charge in [-0.2, -0.15) is 0 Å². The van der Waals surface area contributed by atoms with Crippen LogP contribution in [0.2, 0.25) is 5.15 Å². The molecule has 1 fully saturated rings. The molecule has 5 nitrogen and oxygen atoms in total. The van der Waals surface area contributed by atoms with Crippen LogP contribution in [0.15, 0.2) is 0 Å². The number of aliphatic hydroxyl groups excluding tert-OH is 1. The maximum atomic E-state index is 9.30. The minimum atomic E-state index is -0.179. The van der Waals surface area contributed by atoms with Crippen molar-refractivity contribution in [1.29, 1.82) is 0 Å². The Bertz CT molecular complexity index is 482. The molecule has 1 aromatic heterocycles. The molecule has 1 aromatic rings. The molecule has 2 heterocycles. The van der Waals surface area contributed by atoms with Crippen LogP contribution >= 0.6 is 11.6 Å². The summed E-state index contributed by atoms with van der Waals surface area (Å²) in [5, 5.41) is 9.80. The van der Waals surface area contributed by atoms with E-state index in [2.05, 4.69) is 21.8 Å². The molecule has 20 heavy (non-hydrogen) atoms. The Morgan fingerprint density at radius 2 is 2.15 bits per heavy atom. The highest BCUT2D eigenvalue weighted by atomic mass is 35.5. The van der Waals surface area contributed by atoms with Gasteiger partial charge in [0.15, 0.2) is 0 Å². The van der Waals surface area contributed by atoms with Gasteiger partial charge < -0.3 is 14.7 Å². The van der Waals surface area contributed by atoms with Crippen molar-refractivity contribution in [3.05, 3.63) is 16.5 Å². The Labute approximate surface area is 124 Å². The zero-order valence-electron chi connectivity index (χ0n) is 12.4. The fourth-order valence-electron chi connectivity index (χ4n) is 2.25. The molecule has 0 aliphatic carbocycles. The third-order valence-corrected chi connectivity index (χ3v) is 3.94. The van der Waals surface area contributed by atoms with Gasteiger partial charge in [0, 0.05) is 18.0 Å². The first kappa shape index (κ1) is 15.5. The topological polar surface area (TPSA) is 58.5 Å². The highest BCUT2D eigenvalue weighted by Gasteiger charge is 2.29. The molecule has 1 aliphatic heterocycles. The first-order valence-electron chi connectivity index (χ1n) is 6.97. The maximum absolute atomic E-state index is 9.30. The Kier molecular flexibility index (Phi) is 4.83. The Balaban J connectivity index is 2.39. The molecule has 1 saturated heterocycles. The average molecular weight is 300 g/mol. The molecule has 1 N–H and O–H groups in total. The number of hydrogen-bond donors (Lipinski definition) is 1. The van der Waals surface area contributed by atoms with E-state index >= 15 is 0 Å². The van der Waals surface area contributed by atoms with Crippen LogP contribution in [0.5, 0.6) is 0 Å². The van der Waals surface area contributed by atoms with Gasteiger partial charge in [0.2, 0.25) is 0 Å². The molecule has 0 spiro atoms. The molecule has 0 bridgehead atoms. The largest absolute Gasteiger partial charge is 0.394 e. The third-order valence-electron chi connectivity index (χ3n) is 3.58. The number of morpholine rings is 1. The number of aromatic nitrogens is 2. The number of ether oxygens (including phenoxy) is 1. The number of nitrogens with zero attached hydrogens (tertiary/aromatic N) is 3. The lowest BCUT2D eigenvalue weighted by Gasteiger charge is -2.39. The summed E-state index contributed by atoms with van der Waals surface area (Å²) in [6, 6.07) is 0.197. The van der Waals surface area contributed by atoms with E-state index in [1.807, 2.05) is 20.8 Å². The summed E-state index contributed by atoms with van der Waals surface area (Å²) in [4.78, 5) is 11.2. The van der Waals surface area contributed by atoms with E-state index in [1.165, 1.54) is 0 Å². The van der Waals surface area contributed by atoms with Crippen molar-refractivity contribution in [3.63, 3.8) is 0 Å². The van der Waals surface area contributed by atoms with Gasteiger partial charge in [0.05, 0.1) is 25.4 Å². The van der Waals surface area contributed by atoms with Crippen molar-refractivity contribution in [2.24, 2.45) is 0 Å². The summed E-state index contributed by atoms with van der Waals surface area (Å²) < 4.78 is 5.57. The van der Waals surface area contributed by atoms with Gasteiger partial charge in [-0.1, -0.05) is 25.4 Å². The van der Waals surface area contributed by atoms with Crippen LogP contribution in [0, 0.1) is 6.92 Å². The van der Waals surface area contributed by atoms with Crippen LogP contribution < -0.4 is 4.90 Å². The second kappa shape index (κ2) is 6.24. The highest BCUT2D eigenvalue weighted by Crippen LogP contribution is 2.29. The van der Waals surface area contributed by atoms with Gasteiger partial charge in [0.1, 0.15) is 16.8 Å². The fourth-order valence-corrected chi connectivity index (χ4v) is 2.43. The number of halogens is 1. The summed E-state index contributed by atoms with van der Waals surface area (Å²) in [7, 11) is 0. The van der Waals surface area contributed by atoms with Gasteiger partial charge >= 0.3 is 0 Å². The molecule has 112 valence electrons. The lowest BCUT2D eigenvalue weighted by atomic mass is 10.1. The number of anilines is 1. The summed E-state index contributed by atoms with van der Waals surface area (Å²) >= 11 is 6.24. The second-order valence-electron chi connectivity index (χ2n) is 5.62. The first-order valence-corrected chi connectivity index (χ1v) is 7.35. The molecule has 0 radical (unpaired) electrons. The standard InChI is InChI=1S/C14H22ClN3O2/c1-8(2)13-16-12(15)10(4)14(17-13)18-5-11(6-19)20-7-9(18)3/h8-9,11,19H,5-7H2,1-4H3. The van der Waals surface area contributed by atoms with E-state index < -0.39 is 0 Å². The van der Waals surface area contributed by atoms with E-state index in [0.29, 0.717) is 18.3 Å². The molecule has 0 saturated carbocycles. The van der Waals surface area contributed by atoms with E-state index in [4.69, 9.17) is 16.3 Å². The second-order valence-corrected chi connectivity index (χ2v) is 5.97. The van der Waals surface area contributed by atoms with Crippen LogP contribution in [0.3, 0.4) is 0 Å². The lowest BCUT2D eigenvalue weighted by Crippen LogP contribution is -2.50. The molecular weight excluding hydrogens is 278 g/mol. The van der Waals surface area contributed by atoms with E-state index in [9.17, 15) is 5.11 Å². The minimum Gasteiger partial charge on any atom is -0.394 e. The minimum absolute atomic E-state index is 0.0120. The molecule has 0 aromatic carbocycles. The molecule has 0 amide bonds. The molecule has 2 rings (SSSR count). The molecule has 2 atom stereocenters. The lowest BCUT2D eigenvalue weighted by molar-refractivity contribution is -0.0106.